The van der Waals surface area contributed by atoms with Crippen molar-refractivity contribution in [3.8, 4) is 5.75 Å². The highest BCUT2D eigenvalue weighted by atomic mass is 19.1. The van der Waals surface area contributed by atoms with E-state index in [1.165, 1.54) is 19.2 Å². The lowest BCUT2D eigenvalue weighted by atomic mass is 10.1. The fraction of sp³-hybridized carbons (Fsp3) is 0.296. The van der Waals surface area contributed by atoms with Crippen molar-refractivity contribution >= 4 is 28.9 Å². The summed E-state index contributed by atoms with van der Waals surface area (Å²) >= 11 is 0. The highest BCUT2D eigenvalue weighted by Gasteiger charge is 2.11. The third kappa shape index (κ3) is 8.93. The lowest BCUT2D eigenvalue weighted by Gasteiger charge is -2.11. The zero-order valence-electron chi connectivity index (χ0n) is 21.3. The Balaban J connectivity index is 1.63. The number of aromatic nitrogens is 2. The number of ether oxygens (including phenoxy) is 2. The molecule has 0 unspecified atom stereocenters. The quantitative estimate of drug-likeness (QED) is 0.248. The maximum Gasteiger partial charge on any atom is 0.229 e. The SMILES string of the molecule is COCCOc1ccc(Nc2ncc(F)c(Nc3ccc(CC(=O)/C=C(\C)CN(C)C)cc3)n2)cc1F. The molecule has 3 rings (SSSR count). The summed E-state index contributed by atoms with van der Waals surface area (Å²) < 4.78 is 38.8. The molecule has 0 bridgehead atoms. The summed E-state index contributed by atoms with van der Waals surface area (Å²) in [6, 6.07) is 11.4. The second-order valence-corrected chi connectivity index (χ2v) is 8.70. The first kappa shape index (κ1) is 27.7. The first-order chi connectivity index (χ1) is 17.7. The maximum absolute atomic E-state index is 14.4. The molecule has 0 amide bonds. The summed E-state index contributed by atoms with van der Waals surface area (Å²) in [5.41, 5.74) is 2.79. The molecule has 37 heavy (non-hydrogen) atoms. The summed E-state index contributed by atoms with van der Waals surface area (Å²) in [6.45, 7) is 3.21. The molecular formula is C27H31F2N5O3. The third-order valence-electron chi connectivity index (χ3n) is 5.05. The molecule has 0 saturated heterocycles. The summed E-state index contributed by atoms with van der Waals surface area (Å²) in [4.78, 5) is 22.4. The predicted octanol–water partition coefficient (Wildman–Crippen LogP) is 4.89. The molecular weight excluding hydrogens is 480 g/mol. The molecule has 8 nitrogen and oxygen atoms in total. The van der Waals surface area contributed by atoms with E-state index in [1.54, 1.807) is 36.4 Å². The van der Waals surface area contributed by atoms with Crippen LogP contribution < -0.4 is 15.4 Å². The number of rotatable bonds is 13. The smallest absolute Gasteiger partial charge is 0.229 e. The minimum Gasteiger partial charge on any atom is -0.488 e. The van der Waals surface area contributed by atoms with Crippen LogP contribution in [0.25, 0.3) is 0 Å². The van der Waals surface area contributed by atoms with Crippen LogP contribution in [-0.4, -0.2) is 61.6 Å². The van der Waals surface area contributed by atoms with Crippen molar-refractivity contribution in [2.75, 3.05) is 51.6 Å². The van der Waals surface area contributed by atoms with E-state index in [9.17, 15) is 13.6 Å². The van der Waals surface area contributed by atoms with Gasteiger partial charge in [0.2, 0.25) is 5.95 Å². The van der Waals surface area contributed by atoms with Crippen molar-refractivity contribution in [2.45, 2.75) is 13.3 Å². The molecule has 0 spiro atoms. The van der Waals surface area contributed by atoms with Crippen LogP contribution in [0, 0.1) is 11.6 Å². The normalized spacial score (nSPS) is 11.5. The molecule has 196 valence electrons. The molecule has 0 fully saturated rings. The van der Waals surface area contributed by atoms with E-state index in [0.717, 1.165) is 23.9 Å². The zero-order chi connectivity index (χ0) is 26.8. The molecule has 10 heteroatoms. The largest absolute Gasteiger partial charge is 0.488 e. The van der Waals surface area contributed by atoms with Crippen LogP contribution >= 0.6 is 0 Å². The fourth-order valence-corrected chi connectivity index (χ4v) is 3.49. The Hall–Kier alpha value is -3.89. The van der Waals surface area contributed by atoms with Gasteiger partial charge in [0.1, 0.15) is 6.61 Å². The Morgan fingerprint density at radius 2 is 1.76 bits per heavy atom. The summed E-state index contributed by atoms with van der Waals surface area (Å²) in [5, 5.41) is 5.76. The van der Waals surface area contributed by atoms with Crippen LogP contribution in [0.3, 0.4) is 0 Å². The van der Waals surface area contributed by atoms with Gasteiger partial charge in [0, 0.05) is 37.5 Å². The van der Waals surface area contributed by atoms with Crippen LogP contribution in [0.2, 0.25) is 0 Å². The van der Waals surface area contributed by atoms with Gasteiger partial charge in [0.25, 0.3) is 0 Å². The van der Waals surface area contributed by atoms with Gasteiger partial charge in [-0.1, -0.05) is 17.7 Å². The maximum atomic E-state index is 14.4. The van der Waals surface area contributed by atoms with Gasteiger partial charge >= 0.3 is 0 Å². The lowest BCUT2D eigenvalue weighted by molar-refractivity contribution is -0.114. The van der Waals surface area contributed by atoms with Crippen LogP contribution in [0.4, 0.5) is 31.9 Å². The van der Waals surface area contributed by atoms with Gasteiger partial charge in [-0.3, -0.25) is 4.79 Å². The molecule has 1 aromatic heterocycles. The molecule has 0 aliphatic rings. The minimum absolute atomic E-state index is 0.0172. The number of likely N-dealkylation sites (N-methyl/N-ethyl adjacent to an activating group) is 1. The van der Waals surface area contributed by atoms with Crippen molar-refractivity contribution in [3.05, 3.63) is 77.5 Å². The van der Waals surface area contributed by atoms with Crippen molar-refractivity contribution in [2.24, 2.45) is 0 Å². The summed E-state index contributed by atoms with van der Waals surface area (Å²) in [7, 11) is 5.43. The van der Waals surface area contributed by atoms with Gasteiger partial charge in [0.05, 0.1) is 12.8 Å². The first-order valence-electron chi connectivity index (χ1n) is 11.6. The van der Waals surface area contributed by atoms with Crippen LogP contribution in [0.5, 0.6) is 5.75 Å². The Morgan fingerprint density at radius 1 is 1.03 bits per heavy atom. The van der Waals surface area contributed by atoms with Crippen molar-refractivity contribution in [1.82, 2.24) is 14.9 Å². The number of carbonyl (C=O) groups excluding carboxylic acids is 1. The van der Waals surface area contributed by atoms with Gasteiger partial charge in [-0.15, -0.1) is 0 Å². The molecule has 1 heterocycles. The van der Waals surface area contributed by atoms with Gasteiger partial charge in [-0.05, 0) is 56.9 Å². The molecule has 3 aromatic rings. The van der Waals surface area contributed by atoms with E-state index >= 15 is 0 Å². The minimum atomic E-state index is -0.653. The van der Waals surface area contributed by atoms with Crippen molar-refractivity contribution in [3.63, 3.8) is 0 Å². The summed E-state index contributed by atoms with van der Waals surface area (Å²) in [6.07, 6.45) is 2.95. The molecule has 0 aliphatic heterocycles. The van der Waals surface area contributed by atoms with E-state index in [1.807, 2.05) is 25.9 Å². The van der Waals surface area contributed by atoms with Gasteiger partial charge in [0.15, 0.2) is 29.0 Å². The Labute approximate surface area is 215 Å². The number of anilines is 4. The molecule has 2 N–H and O–H groups in total. The second-order valence-electron chi connectivity index (χ2n) is 8.70. The number of nitrogens with one attached hydrogen (secondary N) is 2. The summed E-state index contributed by atoms with van der Waals surface area (Å²) in [5.74, 6) is -1.08. The number of benzene rings is 2. The van der Waals surface area contributed by atoms with Crippen molar-refractivity contribution < 1.29 is 23.0 Å². The Kier molecular flexibility index (Phi) is 10.0. The molecule has 0 aliphatic carbocycles. The first-order valence-corrected chi connectivity index (χ1v) is 11.6. The number of hydrogen-bond donors (Lipinski definition) is 2. The molecule has 0 atom stereocenters. The monoisotopic (exact) mass is 511 g/mol. The number of methoxy groups -OCH3 is 1. The van der Waals surface area contributed by atoms with E-state index in [2.05, 4.69) is 20.6 Å². The van der Waals surface area contributed by atoms with E-state index in [0.29, 0.717) is 18.0 Å². The van der Waals surface area contributed by atoms with Gasteiger partial charge in [-0.25, -0.2) is 13.8 Å². The highest BCUT2D eigenvalue weighted by Crippen LogP contribution is 2.24. The number of allylic oxidation sites excluding steroid dienone is 1. The zero-order valence-corrected chi connectivity index (χ0v) is 21.3. The average molecular weight is 512 g/mol. The van der Waals surface area contributed by atoms with Crippen LogP contribution in [0.15, 0.2) is 60.3 Å². The number of hydrogen-bond acceptors (Lipinski definition) is 8. The highest BCUT2D eigenvalue weighted by molar-refractivity contribution is 5.92. The van der Waals surface area contributed by atoms with E-state index in [4.69, 9.17) is 9.47 Å². The Morgan fingerprint density at radius 3 is 2.43 bits per heavy atom. The van der Waals surface area contributed by atoms with Crippen LogP contribution in [0.1, 0.15) is 12.5 Å². The third-order valence-corrected chi connectivity index (χ3v) is 5.05. The fourth-order valence-electron chi connectivity index (χ4n) is 3.49. The number of ketones is 1. The number of halogens is 2. The average Bonchev–Trinajstić information content (AvgIpc) is 2.83. The molecule has 0 saturated carbocycles. The standard InChI is InChI=1S/C27H31F2N5O3/c1-18(17-34(2)3)13-22(35)14-19-5-7-20(8-6-19)31-26-24(29)16-30-27(33-26)32-21-9-10-25(23(28)15-21)37-12-11-36-4/h5-10,13,15-16H,11-12,14,17H2,1-4H3,(H2,30,31,32,33)/b18-13+. The molecule has 2 aromatic carbocycles. The molecule has 0 radical (unpaired) electrons. The van der Waals surface area contributed by atoms with Gasteiger partial charge in [-0.2, -0.15) is 4.98 Å². The number of nitrogens with zero attached hydrogens (tertiary/aromatic N) is 3. The van der Waals surface area contributed by atoms with E-state index in [-0.39, 0.29) is 36.3 Å². The Bertz CT molecular complexity index is 1230. The number of carbonyl (C=O) groups is 1. The predicted molar refractivity (Wildman–Crippen MR) is 140 cm³/mol. The van der Waals surface area contributed by atoms with E-state index < -0.39 is 11.6 Å². The second kappa shape index (κ2) is 13.4. The van der Waals surface area contributed by atoms with Crippen LogP contribution in [-0.2, 0) is 16.0 Å². The lowest BCUT2D eigenvalue weighted by Crippen LogP contribution is -2.14. The van der Waals surface area contributed by atoms with Gasteiger partial charge < -0.3 is 25.0 Å². The topological polar surface area (TPSA) is 88.6 Å². The van der Waals surface area contributed by atoms with Crippen molar-refractivity contribution in [1.29, 1.82) is 0 Å².